The molecule has 0 radical (unpaired) electrons. The van der Waals surface area contributed by atoms with Crippen LogP contribution in [-0.2, 0) is 14.4 Å². The quantitative estimate of drug-likeness (QED) is 0.387. The smallest absolute Gasteiger partial charge is 0.237 e. The topological polar surface area (TPSA) is 161 Å². The number of carbonyl (C=O) groups is 3. The minimum absolute atomic E-state index is 0.285. The van der Waals surface area contributed by atoms with Crippen LogP contribution in [0.1, 0.15) is 19.3 Å². The highest BCUT2D eigenvalue weighted by molar-refractivity contribution is 5.88. The number of carboxylic acids is 2. The van der Waals surface area contributed by atoms with Crippen LogP contribution < -0.4 is 27.0 Å². The molecule has 98 valence electrons. The van der Waals surface area contributed by atoms with Crippen LogP contribution >= 0.6 is 0 Å². The normalized spacial score (nSPS) is 13.8. The summed E-state index contributed by atoms with van der Waals surface area (Å²) in [6, 6.07) is -2.57. The van der Waals surface area contributed by atoms with Crippen molar-refractivity contribution in [3.8, 4) is 0 Å². The molecule has 0 aliphatic rings. The van der Waals surface area contributed by atoms with Gasteiger partial charge in [-0.15, -0.1) is 0 Å². The van der Waals surface area contributed by atoms with E-state index in [0.717, 1.165) is 0 Å². The third kappa shape index (κ3) is 6.48. The SMILES string of the molecule is NCCCC(N)C(=O)NC(CC(=O)[O-])C(=O)[O-]. The Kier molecular flexibility index (Phi) is 6.83. The molecule has 0 rings (SSSR count). The maximum Gasteiger partial charge on any atom is 0.237 e. The molecule has 0 saturated carbocycles. The van der Waals surface area contributed by atoms with Crippen LogP contribution in [-0.4, -0.2) is 36.5 Å². The lowest BCUT2D eigenvalue weighted by Crippen LogP contribution is -2.54. The molecule has 0 aliphatic heterocycles. The summed E-state index contributed by atoms with van der Waals surface area (Å²) in [5.41, 5.74) is 10.7. The molecule has 0 saturated heterocycles. The Balaban J connectivity index is 4.29. The van der Waals surface area contributed by atoms with Gasteiger partial charge in [-0.1, -0.05) is 0 Å². The van der Waals surface area contributed by atoms with Crippen molar-refractivity contribution in [2.24, 2.45) is 11.5 Å². The molecule has 0 heterocycles. The minimum atomic E-state index is -1.70. The Morgan fingerprint density at radius 2 is 1.82 bits per heavy atom. The van der Waals surface area contributed by atoms with Crippen molar-refractivity contribution in [2.75, 3.05) is 6.54 Å². The highest BCUT2D eigenvalue weighted by Gasteiger charge is 2.18. The van der Waals surface area contributed by atoms with E-state index in [1.54, 1.807) is 0 Å². The molecule has 0 spiro atoms. The molecule has 0 aromatic rings. The van der Waals surface area contributed by atoms with Crippen molar-refractivity contribution < 1.29 is 24.6 Å². The van der Waals surface area contributed by atoms with Gasteiger partial charge >= 0.3 is 0 Å². The number of nitrogens with two attached hydrogens (primary N) is 2. The highest BCUT2D eigenvalue weighted by atomic mass is 16.4. The van der Waals surface area contributed by atoms with Gasteiger partial charge < -0.3 is 36.6 Å². The summed E-state index contributed by atoms with van der Waals surface area (Å²) in [7, 11) is 0. The van der Waals surface area contributed by atoms with Gasteiger partial charge in [0.25, 0.3) is 0 Å². The Morgan fingerprint density at radius 3 is 2.24 bits per heavy atom. The van der Waals surface area contributed by atoms with Gasteiger partial charge in [0.2, 0.25) is 5.91 Å². The van der Waals surface area contributed by atoms with Crippen LogP contribution in [0, 0.1) is 0 Å². The molecular weight excluding hydrogens is 230 g/mol. The fourth-order valence-corrected chi connectivity index (χ4v) is 1.11. The second kappa shape index (κ2) is 7.58. The van der Waals surface area contributed by atoms with Gasteiger partial charge in [-0.3, -0.25) is 4.79 Å². The van der Waals surface area contributed by atoms with Crippen molar-refractivity contribution in [3.05, 3.63) is 0 Å². The number of carboxylic acid groups (broad SMARTS) is 2. The van der Waals surface area contributed by atoms with Gasteiger partial charge in [0, 0.05) is 12.4 Å². The van der Waals surface area contributed by atoms with Gasteiger partial charge in [0.1, 0.15) is 0 Å². The monoisotopic (exact) mass is 245 g/mol. The molecule has 8 heteroatoms. The van der Waals surface area contributed by atoms with Crippen molar-refractivity contribution in [1.82, 2.24) is 5.32 Å². The van der Waals surface area contributed by atoms with Crippen LogP contribution in [0.2, 0.25) is 0 Å². The summed E-state index contributed by atoms with van der Waals surface area (Å²) in [4.78, 5) is 32.1. The summed E-state index contributed by atoms with van der Waals surface area (Å²) in [5, 5.41) is 22.7. The lowest BCUT2D eigenvalue weighted by Gasteiger charge is -2.22. The van der Waals surface area contributed by atoms with Crippen LogP contribution in [0.3, 0.4) is 0 Å². The van der Waals surface area contributed by atoms with E-state index in [-0.39, 0.29) is 6.42 Å². The Bertz CT molecular complexity index is 294. The van der Waals surface area contributed by atoms with E-state index in [4.69, 9.17) is 11.5 Å². The Hall–Kier alpha value is -1.67. The molecule has 0 aliphatic carbocycles. The van der Waals surface area contributed by atoms with E-state index >= 15 is 0 Å². The van der Waals surface area contributed by atoms with Crippen molar-refractivity contribution in [2.45, 2.75) is 31.3 Å². The summed E-state index contributed by atoms with van der Waals surface area (Å²) in [6.45, 7) is 0.351. The van der Waals surface area contributed by atoms with Crippen LogP contribution in [0.25, 0.3) is 0 Å². The lowest BCUT2D eigenvalue weighted by molar-refractivity contribution is -0.317. The average Bonchev–Trinajstić information content (AvgIpc) is 2.23. The lowest BCUT2D eigenvalue weighted by atomic mass is 10.1. The predicted molar refractivity (Wildman–Crippen MR) is 52.8 cm³/mol. The molecule has 0 aromatic carbocycles. The summed E-state index contributed by atoms with van der Waals surface area (Å²) < 4.78 is 0. The maximum absolute atomic E-state index is 11.4. The van der Waals surface area contributed by atoms with E-state index in [0.29, 0.717) is 13.0 Å². The molecule has 1 amide bonds. The molecule has 0 aromatic heterocycles. The van der Waals surface area contributed by atoms with Gasteiger partial charge in [0.15, 0.2) is 0 Å². The maximum atomic E-state index is 11.4. The summed E-state index contributed by atoms with van der Waals surface area (Å²) in [6.07, 6.45) is -0.0732. The molecule has 2 unspecified atom stereocenters. The van der Waals surface area contributed by atoms with E-state index in [2.05, 4.69) is 0 Å². The largest absolute Gasteiger partial charge is 0.550 e. The van der Waals surface area contributed by atoms with Gasteiger partial charge in [0.05, 0.1) is 18.1 Å². The third-order valence-corrected chi connectivity index (χ3v) is 2.03. The molecular formula is C9H15N3O5-2. The number of hydrogen-bond acceptors (Lipinski definition) is 7. The fourth-order valence-electron chi connectivity index (χ4n) is 1.11. The van der Waals surface area contributed by atoms with E-state index in [1.165, 1.54) is 0 Å². The zero-order valence-corrected chi connectivity index (χ0v) is 9.18. The van der Waals surface area contributed by atoms with E-state index in [9.17, 15) is 24.6 Å². The summed E-state index contributed by atoms with van der Waals surface area (Å²) in [5.74, 6) is -4.06. The van der Waals surface area contributed by atoms with Crippen LogP contribution in [0.4, 0.5) is 0 Å². The van der Waals surface area contributed by atoms with E-state index < -0.39 is 36.4 Å². The van der Waals surface area contributed by atoms with Crippen LogP contribution in [0.15, 0.2) is 0 Å². The molecule has 17 heavy (non-hydrogen) atoms. The molecule has 5 N–H and O–H groups in total. The number of amides is 1. The highest BCUT2D eigenvalue weighted by Crippen LogP contribution is 1.96. The third-order valence-electron chi connectivity index (χ3n) is 2.03. The molecule has 0 fully saturated rings. The van der Waals surface area contributed by atoms with E-state index in [1.807, 2.05) is 5.32 Å². The zero-order chi connectivity index (χ0) is 13.4. The molecule has 8 nitrogen and oxygen atoms in total. The fraction of sp³-hybridized carbons (Fsp3) is 0.667. The minimum Gasteiger partial charge on any atom is -0.550 e. The first-order valence-electron chi connectivity index (χ1n) is 5.05. The average molecular weight is 245 g/mol. The van der Waals surface area contributed by atoms with Gasteiger partial charge in [-0.05, 0) is 19.4 Å². The number of carbonyl (C=O) groups excluding carboxylic acids is 3. The first-order chi connectivity index (χ1) is 7.88. The second-order valence-electron chi connectivity index (χ2n) is 3.49. The standard InChI is InChI=1S/C9H17N3O5/c10-3-1-2-5(11)8(15)12-6(9(16)17)4-7(13)14/h5-6H,1-4,10-11H2,(H,12,15)(H,13,14)(H,16,17)/p-2. The van der Waals surface area contributed by atoms with Gasteiger partial charge in [-0.2, -0.15) is 0 Å². The predicted octanol–water partition coefficient (Wildman–Crippen LogP) is -4.57. The van der Waals surface area contributed by atoms with Gasteiger partial charge in [-0.25, -0.2) is 0 Å². The number of hydrogen-bond donors (Lipinski definition) is 3. The first-order valence-corrected chi connectivity index (χ1v) is 5.05. The Morgan fingerprint density at radius 1 is 1.24 bits per heavy atom. The second-order valence-corrected chi connectivity index (χ2v) is 3.49. The molecule has 0 bridgehead atoms. The molecule has 2 atom stereocenters. The van der Waals surface area contributed by atoms with Crippen LogP contribution in [0.5, 0.6) is 0 Å². The Labute approximate surface area is 98.0 Å². The first kappa shape index (κ1) is 15.3. The number of rotatable bonds is 8. The summed E-state index contributed by atoms with van der Waals surface area (Å²) >= 11 is 0. The van der Waals surface area contributed by atoms with Crippen molar-refractivity contribution in [3.63, 3.8) is 0 Å². The van der Waals surface area contributed by atoms with Crippen molar-refractivity contribution >= 4 is 17.8 Å². The zero-order valence-electron chi connectivity index (χ0n) is 9.18. The van der Waals surface area contributed by atoms with Crippen molar-refractivity contribution in [1.29, 1.82) is 0 Å². The number of aliphatic carboxylic acids is 2. The number of nitrogens with one attached hydrogen (secondary N) is 1.